The summed E-state index contributed by atoms with van der Waals surface area (Å²) in [6, 6.07) is 0. The van der Waals surface area contributed by atoms with Crippen LogP contribution < -0.4 is 0 Å². The summed E-state index contributed by atoms with van der Waals surface area (Å²) in [5.41, 5.74) is 0. The Morgan fingerprint density at radius 2 is 1.44 bits per heavy atom. The summed E-state index contributed by atoms with van der Waals surface area (Å²) in [6.07, 6.45) is 0. The Balaban J connectivity index is 2.86. The van der Waals surface area contributed by atoms with Gasteiger partial charge in [0.1, 0.15) is 0 Å². The van der Waals surface area contributed by atoms with E-state index in [-0.39, 0.29) is 0 Å². The summed E-state index contributed by atoms with van der Waals surface area (Å²) < 4.78 is 29.9. The summed E-state index contributed by atoms with van der Waals surface area (Å²) in [5, 5.41) is 0. The Morgan fingerprint density at radius 1 is 1.11 bits per heavy atom. The normalized spacial score (nSPS) is 39.7. The van der Waals surface area contributed by atoms with E-state index in [2.05, 4.69) is 4.92 Å². The van der Waals surface area contributed by atoms with Gasteiger partial charge in [-0.25, -0.2) is 0 Å². The summed E-state index contributed by atoms with van der Waals surface area (Å²) in [4.78, 5) is 5.23. The van der Waals surface area contributed by atoms with E-state index in [1.54, 1.807) is 14.6 Å². The molecule has 0 aromatic carbocycles. The second-order valence-corrected chi connectivity index (χ2v) is 21.1. The van der Waals surface area contributed by atoms with E-state index in [4.69, 9.17) is 0 Å². The van der Waals surface area contributed by atoms with Gasteiger partial charge in [-0.2, -0.15) is 0 Å². The van der Waals surface area contributed by atoms with Crippen LogP contribution in [0, 0.1) is 0 Å². The standard InChI is InChI=1S/3CH3.H2O4S.Sb/c;;;1-5(2,3)4;/h3*1H3;(H2,1,2,3,4);/q;;;;+2/p-2. The zero-order valence-electron chi connectivity index (χ0n) is 5.49. The molecule has 4 nitrogen and oxygen atoms in total. The Morgan fingerprint density at radius 3 is 1.44 bits per heavy atom. The first-order valence-corrected chi connectivity index (χ1v) is 13.4. The average Bonchev–Trinajstić information content (AvgIpc) is 1.14. The molecule has 0 N–H and O–H groups in total. The first-order valence-electron chi connectivity index (χ1n) is 2.37. The molecule has 1 rings (SSSR count). The first-order chi connectivity index (χ1) is 3.68. The topological polar surface area (TPSA) is 52.6 Å². The van der Waals surface area contributed by atoms with Crippen molar-refractivity contribution >= 4 is 28.6 Å². The van der Waals surface area contributed by atoms with Gasteiger partial charge in [-0.1, -0.05) is 0 Å². The quantitative estimate of drug-likeness (QED) is 0.599. The van der Waals surface area contributed by atoms with Gasteiger partial charge < -0.3 is 0 Å². The van der Waals surface area contributed by atoms with Crippen LogP contribution in [0.15, 0.2) is 0 Å². The molecule has 0 radical (unpaired) electrons. The van der Waals surface area contributed by atoms with Gasteiger partial charge in [0.15, 0.2) is 0 Å². The van der Waals surface area contributed by atoms with Gasteiger partial charge in [0.2, 0.25) is 0 Å². The minimum absolute atomic E-state index is 1.74. The van der Waals surface area contributed by atoms with Crippen molar-refractivity contribution in [2.24, 2.45) is 0 Å². The molecule has 1 aliphatic rings. The van der Waals surface area contributed by atoms with E-state index in [1.807, 2.05) is 0 Å². The molecule has 6 heteroatoms. The molecule has 0 atom stereocenters. The third kappa shape index (κ3) is 1.80. The van der Waals surface area contributed by atoms with E-state index in [0.717, 1.165) is 0 Å². The first kappa shape index (κ1) is 7.79. The molecule has 56 valence electrons. The fraction of sp³-hybridized carbons (Fsp3) is 1.00. The Kier molecular flexibility index (Phi) is 1.27. The zero-order valence-corrected chi connectivity index (χ0v) is 8.86. The molecule has 1 saturated heterocycles. The zero-order chi connectivity index (χ0) is 7.36. The van der Waals surface area contributed by atoms with Crippen molar-refractivity contribution in [3.63, 3.8) is 0 Å². The second kappa shape index (κ2) is 1.47. The van der Waals surface area contributed by atoms with Crippen LogP contribution in [0.4, 0.5) is 0 Å². The van der Waals surface area contributed by atoms with Crippen molar-refractivity contribution in [1.29, 1.82) is 0 Å². The van der Waals surface area contributed by atoms with Crippen LogP contribution in [0.25, 0.3) is 0 Å². The van der Waals surface area contributed by atoms with Crippen LogP contribution in [0.5, 0.6) is 0 Å². The van der Waals surface area contributed by atoms with Gasteiger partial charge in [0, 0.05) is 0 Å². The molecule has 0 aliphatic carbocycles. The molecular formula is C3H9O4SSb. The van der Waals surface area contributed by atoms with Gasteiger partial charge in [0.05, 0.1) is 0 Å². The van der Waals surface area contributed by atoms with E-state index in [0.29, 0.717) is 0 Å². The molecule has 0 unspecified atom stereocenters. The summed E-state index contributed by atoms with van der Waals surface area (Å²) >= 11 is -3.33. The van der Waals surface area contributed by atoms with E-state index >= 15 is 0 Å². The van der Waals surface area contributed by atoms with Gasteiger partial charge >= 0.3 is 56.6 Å². The van der Waals surface area contributed by atoms with Crippen molar-refractivity contribution in [3.05, 3.63) is 0 Å². The summed E-state index contributed by atoms with van der Waals surface area (Å²) in [5.74, 6) is 0. The van der Waals surface area contributed by atoms with Crippen LogP contribution >= 0.6 is 0 Å². The van der Waals surface area contributed by atoms with Gasteiger partial charge in [-0.05, 0) is 0 Å². The second-order valence-electron chi connectivity index (χ2n) is 3.07. The molecule has 0 saturated carbocycles. The van der Waals surface area contributed by atoms with Crippen LogP contribution in [0.2, 0.25) is 14.6 Å². The molecule has 0 aromatic heterocycles. The van der Waals surface area contributed by atoms with Crippen LogP contribution in [-0.4, -0.2) is 26.7 Å². The summed E-state index contributed by atoms with van der Waals surface area (Å²) in [7, 11) is -3.56. The number of hydrogen-bond donors (Lipinski definition) is 0. The number of hydrogen-bond acceptors (Lipinski definition) is 4. The molecule has 9 heavy (non-hydrogen) atoms. The molecular weight excluding hydrogens is 254 g/mol. The van der Waals surface area contributed by atoms with E-state index in [9.17, 15) is 8.42 Å². The third-order valence-electron chi connectivity index (χ3n) is 0.691. The van der Waals surface area contributed by atoms with Crippen molar-refractivity contribution in [2.75, 3.05) is 0 Å². The predicted molar refractivity (Wildman–Crippen MR) is 34.4 cm³/mol. The minimum atomic E-state index is -3.56. The Labute approximate surface area is 56.6 Å². The molecule has 1 fully saturated rings. The van der Waals surface area contributed by atoms with Crippen molar-refractivity contribution in [2.45, 2.75) is 14.6 Å². The average molecular weight is 263 g/mol. The van der Waals surface area contributed by atoms with Gasteiger partial charge in [-0.15, -0.1) is 0 Å². The Hall–Kier alpha value is 0.688. The SMILES string of the molecule is [CH3][Sb]1([CH3])([CH3])[O]S(=O)(=O)[O]1. The molecule has 0 spiro atoms. The van der Waals surface area contributed by atoms with Crippen molar-refractivity contribution in [3.8, 4) is 0 Å². The third-order valence-corrected chi connectivity index (χ3v) is 13.9. The van der Waals surface area contributed by atoms with Crippen LogP contribution in [0.3, 0.4) is 0 Å². The molecule has 0 aromatic rings. The van der Waals surface area contributed by atoms with Crippen molar-refractivity contribution in [1.82, 2.24) is 0 Å². The number of rotatable bonds is 0. The molecule has 0 bridgehead atoms. The molecule has 1 aliphatic heterocycles. The maximum absolute atomic E-state index is 10.3. The van der Waals surface area contributed by atoms with Crippen molar-refractivity contribution < 1.29 is 13.3 Å². The maximum atomic E-state index is 10.3. The van der Waals surface area contributed by atoms with Gasteiger partial charge in [0.25, 0.3) is 0 Å². The Bertz CT molecular complexity index is 216. The van der Waals surface area contributed by atoms with Crippen LogP contribution in [-0.2, 0) is 15.3 Å². The van der Waals surface area contributed by atoms with E-state index < -0.39 is 28.6 Å². The van der Waals surface area contributed by atoms with Crippen LogP contribution in [0.1, 0.15) is 0 Å². The molecule has 1 heterocycles. The monoisotopic (exact) mass is 262 g/mol. The van der Waals surface area contributed by atoms with E-state index in [1.165, 1.54) is 0 Å². The molecule has 0 amide bonds. The predicted octanol–water partition coefficient (Wildman–Crippen LogP) is 0.564. The van der Waals surface area contributed by atoms with Gasteiger partial charge in [-0.3, -0.25) is 0 Å². The summed E-state index contributed by atoms with van der Waals surface area (Å²) in [6.45, 7) is 0. The fourth-order valence-electron chi connectivity index (χ4n) is 0.628. The fourth-order valence-corrected chi connectivity index (χ4v) is 12.6.